The highest BCUT2D eigenvalue weighted by Crippen LogP contribution is 2.11. The molecule has 0 bridgehead atoms. The van der Waals surface area contributed by atoms with E-state index in [1.165, 1.54) is 0 Å². The highest BCUT2D eigenvalue weighted by molar-refractivity contribution is 5.82. The molecule has 5 nitrogen and oxygen atoms in total. The van der Waals surface area contributed by atoms with E-state index in [1.54, 1.807) is 0 Å². The van der Waals surface area contributed by atoms with Crippen LogP contribution in [0.4, 0.5) is 0 Å². The van der Waals surface area contributed by atoms with Gasteiger partial charge in [-0.2, -0.15) is 0 Å². The monoisotopic (exact) mass is 276 g/mol. The van der Waals surface area contributed by atoms with Gasteiger partial charge in [0.1, 0.15) is 6.04 Å². The number of rotatable bonds is 6. The van der Waals surface area contributed by atoms with Crippen LogP contribution < -0.4 is 16.6 Å². The number of carbonyl (C=O) groups excluding carboxylic acids is 1. The summed E-state index contributed by atoms with van der Waals surface area (Å²) in [6.07, 6.45) is 1.65. The summed E-state index contributed by atoms with van der Waals surface area (Å²) < 4.78 is 0. The van der Waals surface area contributed by atoms with Crippen LogP contribution in [0.15, 0.2) is 30.3 Å². The fourth-order valence-corrected chi connectivity index (χ4v) is 2.45. The summed E-state index contributed by atoms with van der Waals surface area (Å²) in [6.45, 7) is 4.02. The van der Waals surface area contributed by atoms with Crippen LogP contribution in [0.2, 0.25) is 0 Å². The molecule has 0 spiro atoms. The molecule has 1 aromatic carbocycles. The van der Waals surface area contributed by atoms with Crippen molar-refractivity contribution >= 4 is 5.91 Å². The van der Waals surface area contributed by atoms with Crippen molar-refractivity contribution in [2.75, 3.05) is 13.1 Å². The molecule has 0 radical (unpaired) electrons. The summed E-state index contributed by atoms with van der Waals surface area (Å²) in [6, 6.07) is 10.3. The van der Waals surface area contributed by atoms with Gasteiger partial charge in [-0.15, -0.1) is 0 Å². The Morgan fingerprint density at radius 1 is 1.35 bits per heavy atom. The van der Waals surface area contributed by atoms with Gasteiger partial charge in [0.2, 0.25) is 5.91 Å². The summed E-state index contributed by atoms with van der Waals surface area (Å²) in [5.41, 5.74) is 12.9. The van der Waals surface area contributed by atoms with E-state index >= 15 is 0 Å². The zero-order chi connectivity index (χ0) is 14.4. The standard InChI is InChI=1S/C15H24N4O/c1-12-10-14(18-17-12)15(20)19(9-5-8-16)11-13-6-3-2-4-7-13/h2-4,6-7,12,14,17-18H,5,8-11,16H2,1H3. The number of hydrazine groups is 1. The third-order valence-corrected chi connectivity index (χ3v) is 3.55. The Kier molecular flexibility index (Phi) is 5.52. The summed E-state index contributed by atoms with van der Waals surface area (Å²) >= 11 is 0. The maximum atomic E-state index is 12.6. The van der Waals surface area contributed by atoms with E-state index in [9.17, 15) is 4.79 Å². The highest BCUT2D eigenvalue weighted by Gasteiger charge is 2.30. The van der Waals surface area contributed by atoms with Crippen molar-refractivity contribution in [1.29, 1.82) is 0 Å². The number of amides is 1. The second kappa shape index (κ2) is 7.38. The number of nitrogens with two attached hydrogens (primary N) is 1. The number of benzene rings is 1. The van der Waals surface area contributed by atoms with Crippen molar-refractivity contribution in [1.82, 2.24) is 15.8 Å². The molecule has 110 valence electrons. The Morgan fingerprint density at radius 2 is 2.10 bits per heavy atom. The normalized spacial score (nSPS) is 21.9. The average Bonchev–Trinajstić information content (AvgIpc) is 2.90. The van der Waals surface area contributed by atoms with Crippen LogP contribution in [0.5, 0.6) is 0 Å². The quantitative estimate of drug-likeness (QED) is 0.712. The van der Waals surface area contributed by atoms with Crippen LogP contribution in [0.25, 0.3) is 0 Å². The van der Waals surface area contributed by atoms with Crippen molar-refractivity contribution in [2.45, 2.75) is 38.4 Å². The van der Waals surface area contributed by atoms with Gasteiger partial charge in [0, 0.05) is 19.1 Å². The van der Waals surface area contributed by atoms with Crippen LogP contribution >= 0.6 is 0 Å². The molecule has 1 aliphatic rings. The molecule has 5 heteroatoms. The zero-order valence-electron chi connectivity index (χ0n) is 12.0. The molecule has 1 saturated heterocycles. The fourth-order valence-electron chi connectivity index (χ4n) is 2.45. The van der Waals surface area contributed by atoms with Crippen molar-refractivity contribution in [2.24, 2.45) is 5.73 Å². The van der Waals surface area contributed by atoms with Gasteiger partial charge in [0.05, 0.1) is 0 Å². The average molecular weight is 276 g/mol. The maximum absolute atomic E-state index is 12.6. The molecule has 2 rings (SSSR count). The van der Waals surface area contributed by atoms with E-state index in [-0.39, 0.29) is 11.9 Å². The Bertz CT molecular complexity index is 423. The topological polar surface area (TPSA) is 70.4 Å². The van der Waals surface area contributed by atoms with Crippen LogP contribution in [0.1, 0.15) is 25.3 Å². The smallest absolute Gasteiger partial charge is 0.241 e. The second-order valence-corrected chi connectivity index (χ2v) is 5.37. The first-order valence-electron chi connectivity index (χ1n) is 7.24. The Morgan fingerprint density at radius 3 is 2.70 bits per heavy atom. The van der Waals surface area contributed by atoms with Crippen LogP contribution in [-0.2, 0) is 11.3 Å². The number of carbonyl (C=O) groups is 1. The number of hydrogen-bond donors (Lipinski definition) is 3. The van der Waals surface area contributed by atoms with Crippen molar-refractivity contribution < 1.29 is 4.79 Å². The van der Waals surface area contributed by atoms with Gasteiger partial charge in [0.15, 0.2) is 0 Å². The van der Waals surface area contributed by atoms with Crippen molar-refractivity contribution in [3.05, 3.63) is 35.9 Å². The molecule has 0 aliphatic carbocycles. The molecule has 1 aliphatic heterocycles. The molecule has 0 aromatic heterocycles. The minimum absolute atomic E-state index is 0.133. The summed E-state index contributed by atoms with van der Waals surface area (Å²) in [7, 11) is 0. The molecule has 1 heterocycles. The van der Waals surface area contributed by atoms with Crippen LogP contribution in [-0.4, -0.2) is 36.0 Å². The lowest BCUT2D eigenvalue weighted by Gasteiger charge is -2.25. The highest BCUT2D eigenvalue weighted by atomic mass is 16.2. The minimum atomic E-state index is -0.133. The van der Waals surface area contributed by atoms with Gasteiger partial charge >= 0.3 is 0 Å². The van der Waals surface area contributed by atoms with Gasteiger partial charge in [0.25, 0.3) is 0 Å². The van der Waals surface area contributed by atoms with Crippen molar-refractivity contribution in [3.63, 3.8) is 0 Å². The molecule has 0 saturated carbocycles. The summed E-state index contributed by atoms with van der Waals surface area (Å²) in [4.78, 5) is 14.5. The lowest BCUT2D eigenvalue weighted by atomic mass is 10.1. The number of nitrogens with zero attached hydrogens (tertiary/aromatic N) is 1. The van der Waals surface area contributed by atoms with E-state index in [0.29, 0.717) is 25.7 Å². The van der Waals surface area contributed by atoms with E-state index in [1.807, 2.05) is 35.2 Å². The van der Waals surface area contributed by atoms with Crippen molar-refractivity contribution in [3.8, 4) is 0 Å². The fraction of sp³-hybridized carbons (Fsp3) is 0.533. The SMILES string of the molecule is CC1CC(C(=O)N(CCCN)Cc2ccccc2)NN1. The van der Waals surface area contributed by atoms with Gasteiger partial charge in [-0.05, 0) is 31.9 Å². The van der Waals surface area contributed by atoms with E-state index in [4.69, 9.17) is 5.73 Å². The first-order chi connectivity index (χ1) is 9.70. The maximum Gasteiger partial charge on any atom is 0.241 e. The molecular weight excluding hydrogens is 252 g/mol. The Labute approximate surface area is 120 Å². The van der Waals surface area contributed by atoms with Gasteiger partial charge in [-0.25, -0.2) is 5.43 Å². The van der Waals surface area contributed by atoms with E-state index in [2.05, 4.69) is 17.8 Å². The van der Waals surface area contributed by atoms with E-state index < -0.39 is 0 Å². The Balaban J connectivity index is 2.00. The first kappa shape index (κ1) is 15.0. The third kappa shape index (κ3) is 4.03. The largest absolute Gasteiger partial charge is 0.337 e. The third-order valence-electron chi connectivity index (χ3n) is 3.55. The van der Waals surface area contributed by atoms with Crippen LogP contribution in [0, 0.1) is 0 Å². The second-order valence-electron chi connectivity index (χ2n) is 5.37. The lowest BCUT2D eigenvalue weighted by Crippen LogP contribution is -2.46. The first-order valence-corrected chi connectivity index (χ1v) is 7.24. The molecule has 2 atom stereocenters. The van der Waals surface area contributed by atoms with E-state index in [0.717, 1.165) is 18.4 Å². The molecule has 1 amide bonds. The van der Waals surface area contributed by atoms with Gasteiger partial charge in [-0.1, -0.05) is 30.3 Å². The minimum Gasteiger partial charge on any atom is -0.337 e. The molecule has 1 fully saturated rings. The molecule has 4 N–H and O–H groups in total. The van der Waals surface area contributed by atoms with Crippen LogP contribution in [0.3, 0.4) is 0 Å². The molecular formula is C15H24N4O. The molecule has 20 heavy (non-hydrogen) atoms. The van der Waals surface area contributed by atoms with Gasteiger partial charge < -0.3 is 10.6 Å². The Hall–Kier alpha value is -1.43. The predicted octanol–water partition coefficient (Wildman–Crippen LogP) is 0.619. The number of hydrogen-bond acceptors (Lipinski definition) is 4. The molecule has 2 unspecified atom stereocenters. The lowest BCUT2D eigenvalue weighted by molar-refractivity contribution is -0.133. The summed E-state index contributed by atoms with van der Waals surface area (Å²) in [5, 5.41) is 0. The van der Waals surface area contributed by atoms with Gasteiger partial charge in [-0.3, -0.25) is 10.2 Å². The predicted molar refractivity (Wildman–Crippen MR) is 79.7 cm³/mol. The summed E-state index contributed by atoms with van der Waals surface area (Å²) in [5.74, 6) is 0.152. The molecule has 1 aromatic rings. The zero-order valence-corrected chi connectivity index (χ0v) is 12.0. The number of nitrogens with one attached hydrogen (secondary N) is 2.